The van der Waals surface area contributed by atoms with E-state index in [1.54, 1.807) is 42.5 Å². The van der Waals surface area contributed by atoms with Gasteiger partial charge in [0.15, 0.2) is 15.0 Å². The van der Waals surface area contributed by atoms with E-state index >= 15 is 0 Å². The Bertz CT molecular complexity index is 1070. The number of benzene rings is 1. The smallest absolute Gasteiger partial charge is 0.230 e. The van der Waals surface area contributed by atoms with Gasteiger partial charge in [0.25, 0.3) is 0 Å². The highest BCUT2D eigenvalue weighted by atomic mass is 32.2. The Kier molecular flexibility index (Phi) is 9.86. The summed E-state index contributed by atoms with van der Waals surface area (Å²) in [6.45, 7) is 14.3. The normalized spacial score (nSPS) is 18.7. The van der Waals surface area contributed by atoms with Crippen LogP contribution in [-0.4, -0.2) is 49.6 Å². The molecule has 35 heavy (non-hydrogen) atoms. The molecule has 1 aromatic carbocycles. The molecule has 7 nitrogen and oxygen atoms in total. The van der Waals surface area contributed by atoms with Gasteiger partial charge in [0, 0.05) is 18.0 Å². The van der Waals surface area contributed by atoms with Gasteiger partial charge in [-0.2, -0.15) is 0 Å². The topological polar surface area (TPSA) is 91.4 Å². The van der Waals surface area contributed by atoms with Gasteiger partial charge in [0.1, 0.15) is 0 Å². The molecule has 1 amide bonds. The minimum Gasteiger partial charge on any atom is -0.317 e. The first-order valence-corrected chi connectivity index (χ1v) is 15.3. The maximum absolute atomic E-state index is 12.6. The van der Waals surface area contributed by atoms with Crippen LogP contribution in [0.4, 0.5) is 5.13 Å². The van der Waals surface area contributed by atoms with Crippen molar-refractivity contribution >= 4 is 32.2 Å². The monoisotopic (exact) mass is 520 g/mol. The van der Waals surface area contributed by atoms with E-state index < -0.39 is 9.84 Å². The Labute approximate surface area is 214 Å². The van der Waals surface area contributed by atoms with E-state index in [2.05, 4.69) is 29.4 Å². The molecule has 1 saturated heterocycles. The Morgan fingerprint density at radius 2 is 1.86 bits per heavy atom. The number of carbonyl (C=O) groups excluding carboxylic acids is 1. The summed E-state index contributed by atoms with van der Waals surface area (Å²) >= 11 is 1.58. The Morgan fingerprint density at radius 1 is 1.20 bits per heavy atom. The highest BCUT2D eigenvalue weighted by molar-refractivity contribution is 7.91. The van der Waals surface area contributed by atoms with Crippen LogP contribution >= 0.6 is 11.3 Å². The molecule has 1 unspecified atom stereocenters. The van der Waals surface area contributed by atoms with Gasteiger partial charge in [-0.25, -0.2) is 13.4 Å². The molecule has 3 heterocycles. The molecule has 0 radical (unpaired) electrons. The number of amides is 1. The number of nitrogens with zero attached hydrogens (tertiary/aromatic N) is 2. The van der Waals surface area contributed by atoms with E-state index in [1.807, 2.05) is 13.8 Å². The van der Waals surface area contributed by atoms with Crippen LogP contribution in [0, 0.1) is 11.8 Å². The number of nitrogens with one attached hydrogen (secondary N) is 2. The second-order valence-corrected chi connectivity index (χ2v) is 12.8. The fourth-order valence-electron chi connectivity index (χ4n) is 4.86. The maximum atomic E-state index is 12.6. The number of aromatic nitrogens is 1. The quantitative estimate of drug-likeness (QED) is 0.526. The third kappa shape index (κ3) is 6.90. The minimum absolute atomic E-state index is 0.0637. The van der Waals surface area contributed by atoms with Gasteiger partial charge in [-0.15, -0.1) is 11.3 Å². The van der Waals surface area contributed by atoms with Crippen molar-refractivity contribution in [3.8, 4) is 0 Å². The zero-order valence-electron chi connectivity index (χ0n) is 21.6. The minimum atomic E-state index is -3.23. The molecule has 0 saturated carbocycles. The molecule has 0 aliphatic carbocycles. The summed E-state index contributed by atoms with van der Waals surface area (Å²) in [6.07, 6.45) is 2.65. The fourth-order valence-corrected chi connectivity index (χ4v) is 6.79. The van der Waals surface area contributed by atoms with Crippen molar-refractivity contribution in [1.29, 1.82) is 0 Å². The molecule has 9 heteroatoms. The number of piperidine rings is 1. The van der Waals surface area contributed by atoms with Crippen molar-refractivity contribution < 1.29 is 13.2 Å². The summed E-state index contributed by atoms with van der Waals surface area (Å²) in [5.41, 5.74) is 1.90. The largest absolute Gasteiger partial charge is 0.317 e. The van der Waals surface area contributed by atoms with Crippen molar-refractivity contribution in [3.05, 3.63) is 40.4 Å². The van der Waals surface area contributed by atoms with Gasteiger partial charge in [-0.05, 0) is 55.5 Å². The van der Waals surface area contributed by atoms with Gasteiger partial charge < -0.3 is 10.6 Å². The molecule has 2 N–H and O–H groups in total. The summed E-state index contributed by atoms with van der Waals surface area (Å²) in [5.74, 6) is 1.12. The molecule has 194 valence electrons. The second kappa shape index (κ2) is 12.4. The molecular weight excluding hydrogens is 480 g/mol. The Hall–Kier alpha value is -1.81. The van der Waals surface area contributed by atoms with Crippen LogP contribution < -0.4 is 10.6 Å². The number of sulfone groups is 1. The van der Waals surface area contributed by atoms with E-state index in [0.717, 1.165) is 43.4 Å². The van der Waals surface area contributed by atoms with Crippen LogP contribution in [-0.2, 0) is 27.6 Å². The summed E-state index contributed by atoms with van der Waals surface area (Å²) in [5, 5.41) is 7.05. The number of anilines is 1. The number of rotatable bonds is 8. The van der Waals surface area contributed by atoms with Crippen molar-refractivity contribution in [3.63, 3.8) is 0 Å². The summed E-state index contributed by atoms with van der Waals surface area (Å²) in [7, 11) is -3.23. The Balaban J connectivity index is 0.00000167. The van der Waals surface area contributed by atoms with Gasteiger partial charge >= 0.3 is 0 Å². The molecule has 2 aliphatic heterocycles. The molecule has 2 aromatic rings. The van der Waals surface area contributed by atoms with Gasteiger partial charge in [-0.3, -0.25) is 9.69 Å². The lowest BCUT2D eigenvalue weighted by Gasteiger charge is -2.32. The van der Waals surface area contributed by atoms with Gasteiger partial charge in [0.2, 0.25) is 5.91 Å². The lowest BCUT2D eigenvalue weighted by atomic mass is 9.95. The maximum Gasteiger partial charge on any atom is 0.230 e. The highest BCUT2D eigenvalue weighted by Crippen LogP contribution is 2.43. The second-order valence-electron chi connectivity index (χ2n) is 9.41. The summed E-state index contributed by atoms with van der Waals surface area (Å²) in [6, 6.07) is 6.85. The van der Waals surface area contributed by atoms with E-state index in [1.165, 1.54) is 17.7 Å². The van der Waals surface area contributed by atoms with Crippen LogP contribution in [0.15, 0.2) is 29.2 Å². The van der Waals surface area contributed by atoms with Crippen LogP contribution in [0.5, 0.6) is 0 Å². The molecule has 4 rings (SSSR count). The fraction of sp³-hybridized carbons (Fsp3) is 0.615. The molecule has 2 aliphatic rings. The number of carbonyl (C=O) groups is 1. The lowest BCUT2D eigenvalue weighted by molar-refractivity contribution is -0.115. The zero-order valence-corrected chi connectivity index (χ0v) is 23.3. The third-order valence-corrected chi connectivity index (χ3v) is 9.33. The van der Waals surface area contributed by atoms with Crippen LogP contribution in [0.1, 0.15) is 69.6 Å². The van der Waals surface area contributed by atoms with Crippen LogP contribution in [0.3, 0.4) is 0 Å². The van der Waals surface area contributed by atoms with Crippen molar-refractivity contribution in [2.75, 3.05) is 30.7 Å². The predicted octanol–water partition coefficient (Wildman–Crippen LogP) is 4.66. The SMILES string of the molecule is CC.CCS(=O)(=O)c1ccc(CC(=O)Nc2nc3c(s2)CN(CC2CCNCC2)C3C(C)C)cc1. The van der Waals surface area contributed by atoms with Gasteiger partial charge in [0.05, 0.1) is 28.8 Å². The summed E-state index contributed by atoms with van der Waals surface area (Å²) in [4.78, 5) is 21.6. The molecular formula is C26H40N4O3S2. The molecule has 1 aromatic heterocycles. The van der Waals surface area contributed by atoms with Crippen molar-refractivity contribution in [2.24, 2.45) is 11.8 Å². The Morgan fingerprint density at radius 3 is 2.46 bits per heavy atom. The predicted molar refractivity (Wildman–Crippen MR) is 144 cm³/mol. The van der Waals surface area contributed by atoms with E-state index in [0.29, 0.717) is 22.0 Å². The number of hydrogen-bond donors (Lipinski definition) is 2. The molecule has 0 spiro atoms. The first-order valence-electron chi connectivity index (χ1n) is 12.8. The number of hydrogen-bond acceptors (Lipinski definition) is 7. The molecule has 1 atom stereocenters. The molecule has 1 fully saturated rings. The number of thiazole rings is 1. The number of fused-ring (bicyclic) bond motifs is 1. The van der Waals surface area contributed by atoms with Crippen molar-refractivity contribution in [1.82, 2.24) is 15.2 Å². The zero-order chi connectivity index (χ0) is 25.6. The van der Waals surface area contributed by atoms with Gasteiger partial charge in [-0.1, -0.05) is 46.8 Å². The summed E-state index contributed by atoms with van der Waals surface area (Å²) < 4.78 is 23.9. The standard InChI is InChI=1S/C24H34N4O3S2.C2H6/c1-4-33(30,31)19-7-5-17(6-8-19)13-21(29)26-24-27-22-20(32-24)15-28(23(22)16(2)3)14-18-9-11-25-12-10-18;1-2/h5-8,16,18,23,25H,4,9-15H2,1-3H3,(H,26,27,29);1-2H3. The first kappa shape index (κ1) is 27.8. The molecule has 0 bridgehead atoms. The first-order chi connectivity index (χ1) is 16.8. The third-order valence-electron chi connectivity index (χ3n) is 6.60. The average Bonchev–Trinajstić information content (AvgIpc) is 3.37. The lowest BCUT2D eigenvalue weighted by Crippen LogP contribution is -2.36. The van der Waals surface area contributed by atoms with Crippen LogP contribution in [0.25, 0.3) is 0 Å². The van der Waals surface area contributed by atoms with E-state index in [4.69, 9.17) is 4.98 Å². The van der Waals surface area contributed by atoms with E-state index in [9.17, 15) is 13.2 Å². The van der Waals surface area contributed by atoms with Crippen LogP contribution in [0.2, 0.25) is 0 Å². The van der Waals surface area contributed by atoms with Crippen molar-refractivity contribution in [2.45, 2.75) is 71.4 Å². The average molecular weight is 521 g/mol. The van der Waals surface area contributed by atoms with E-state index in [-0.39, 0.29) is 18.1 Å². The highest BCUT2D eigenvalue weighted by Gasteiger charge is 2.37.